The summed E-state index contributed by atoms with van der Waals surface area (Å²) in [5.41, 5.74) is 23.1. The topological polar surface area (TPSA) is 30.1 Å². The summed E-state index contributed by atoms with van der Waals surface area (Å²) in [5, 5.41) is 11.7. The van der Waals surface area contributed by atoms with E-state index in [4.69, 9.17) is 4.42 Å². The number of nitrogens with zero attached hydrogens (tertiary/aromatic N) is 1. The molecule has 1 N–H and O–H groups in total. The average molecular weight is 899 g/mol. The maximum atomic E-state index is 6.64. The molecule has 2 aliphatic carbocycles. The van der Waals surface area contributed by atoms with E-state index in [0.29, 0.717) is 0 Å². The Morgan fingerprint density at radius 3 is 2.10 bits per heavy atom. The van der Waals surface area contributed by atoms with Gasteiger partial charge < -0.3 is 14.3 Å². The zero-order valence-corrected chi connectivity index (χ0v) is 41.4. The van der Waals surface area contributed by atoms with Gasteiger partial charge in [-0.05, 0) is 128 Å². The normalized spacial score (nSPS) is 16.4. The van der Waals surface area contributed by atoms with E-state index < -0.39 is 0 Å². The van der Waals surface area contributed by atoms with Crippen molar-refractivity contribution in [2.45, 2.75) is 96.8 Å². The fourth-order valence-electron chi connectivity index (χ4n) is 12.9. The molecule has 1 aliphatic heterocycles. The Labute approximate surface area is 403 Å². The lowest BCUT2D eigenvalue weighted by Gasteiger charge is -2.41. The molecule has 8 aromatic carbocycles. The summed E-state index contributed by atoms with van der Waals surface area (Å²) in [4.78, 5) is 0. The number of benzene rings is 8. The fraction of sp³-hybridized carbons (Fsp3) is 0.238. The summed E-state index contributed by atoms with van der Waals surface area (Å²) in [6.07, 6.45) is 2.40. The van der Waals surface area contributed by atoms with Crippen LogP contribution < -0.4 is 16.2 Å². The fourth-order valence-corrected chi connectivity index (χ4v) is 14.0. The van der Waals surface area contributed by atoms with Crippen LogP contribution in [-0.2, 0) is 21.7 Å². The monoisotopic (exact) mass is 898 g/mol. The second-order valence-electron chi connectivity index (χ2n) is 23.2. The predicted molar refractivity (Wildman–Crippen MR) is 294 cm³/mol. The predicted octanol–water partition coefficient (Wildman–Crippen LogP) is 16.1. The van der Waals surface area contributed by atoms with Crippen molar-refractivity contribution < 1.29 is 4.42 Å². The summed E-state index contributed by atoms with van der Waals surface area (Å²) in [6, 6.07) is 51.3. The van der Waals surface area contributed by atoms with Crippen molar-refractivity contribution >= 4 is 105 Å². The molecule has 0 saturated heterocycles. The Kier molecular flexibility index (Phi) is 7.96. The maximum Gasteiger partial charge on any atom is 0.198 e. The molecule has 0 spiro atoms. The van der Waals surface area contributed by atoms with Crippen molar-refractivity contribution in [2.24, 2.45) is 0 Å². The van der Waals surface area contributed by atoms with Crippen LogP contribution in [0.2, 0.25) is 0 Å². The van der Waals surface area contributed by atoms with Gasteiger partial charge in [0.25, 0.3) is 0 Å². The third-order valence-electron chi connectivity index (χ3n) is 16.8. The summed E-state index contributed by atoms with van der Waals surface area (Å²) >= 11 is 1.94. The zero-order valence-electron chi connectivity index (χ0n) is 40.6. The highest BCUT2D eigenvalue weighted by molar-refractivity contribution is 7.25. The van der Waals surface area contributed by atoms with Crippen molar-refractivity contribution in [3.63, 3.8) is 0 Å². The first-order valence-electron chi connectivity index (χ1n) is 24.7. The van der Waals surface area contributed by atoms with Gasteiger partial charge in [0, 0.05) is 81.3 Å². The number of para-hydroxylation sites is 1. The van der Waals surface area contributed by atoms with Gasteiger partial charge in [-0.15, -0.1) is 11.3 Å². The van der Waals surface area contributed by atoms with E-state index in [-0.39, 0.29) is 21.7 Å². The molecule has 3 aliphatic rings. The third kappa shape index (κ3) is 5.48. The van der Waals surface area contributed by atoms with Gasteiger partial charge in [0.15, 0.2) is 7.28 Å². The average Bonchev–Trinajstić information content (AvgIpc) is 4.03. The Hall–Kier alpha value is -6.56. The minimum atomic E-state index is -0.107. The van der Waals surface area contributed by atoms with Gasteiger partial charge in [0.2, 0.25) is 0 Å². The molecule has 0 unspecified atom stereocenters. The van der Waals surface area contributed by atoms with Crippen LogP contribution in [0.4, 0.5) is 11.4 Å². The number of furan rings is 1. The van der Waals surface area contributed by atoms with Crippen molar-refractivity contribution in [1.29, 1.82) is 0 Å². The minimum Gasteiger partial charge on any atom is -0.456 e. The van der Waals surface area contributed by atoms with Gasteiger partial charge in [-0.1, -0.05) is 147 Å². The second-order valence-corrected chi connectivity index (χ2v) is 24.3. The van der Waals surface area contributed by atoms with Crippen LogP contribution in [0, 0.1) is 0 Å². The smallest absolute Gasteiger partial charge is 0.198 e. The molecule has 3 nitrogen and oxygen atoms in total. The number of aromatic nitrogens is 1. The first-order chi connectivity index (χ1) is 32.5. The van der Waals surface area contributed by atoms with Gasteiger partial charge in [-0.25, -0.2) is 0 Å². The molecule has 0 atom stereocenters. The molecule has 332 valence electrons. The van der Waals surface area contributed by atoms with Crippen LogP contribution in [0.5, 0.6) is 0 Å². The molecule has 68 heavy (non-hydrogen) atoms. The molecule has 0 amide bonds. The van der Waals surface area contributed by atoms with Crippen LogP contribution in [0.15, 0.2) is 138 Å². The molecule has 0 bridgehead atoms. The Balaban J connectivity index is 1.08. The second kappa shape index (κ2) is 13.4. The molecule has 5 heteroatoms. The van der Waals surface area contributed by atoms with Crippen LogP contribution in [0.25, 0.3) is 91.9 Å². The number of hydrogen-bond donors (Lipinski definition) is 1. The molecule has 4 heterocycles. The number of fused-ring (bicyclic) bond motifs is 16. The molecule has 0 radical (unpaired) electrons. The molecule has 0 saturated carbocycles. The quantitative estimate of drug-likeness (QED) is 0.179. The summed E-state index contributed by atoms with van der Waals surface area (Å²) in [6.45, 7) is 21.4. The molecule has 0 fully saturated rings. The van der Waals surface area contributed by atoms with E-state index in [2.05, 4.69) is 206 Å². The third-order valence-corrected chi connectivity index (χ3v) is 17.9. The van der Waals surface area contributed by atoms with Crippen molar-refractivity contribution in [3.8, 4) is 27.9 Å². The standard InChI is InChI=1S/C63H55BN2OS/c1-60(2,3)34-18-20-35(21-19-34)65-49-32-55-42(43-29-46-47(31-54(43)68-55)62(6,7)27-26-61(46,4)5)28-40(49)37-22-23-39-57-50(25-24-45-56(57)38-15-10-12-16-44(38)63(45,8)9)66-51-33-53-41(30-48(51)64-58(37)59(39)66)36-14-11-13-17-52(36)67-53/h10-25,28-33,64-65H,26-27H2,1-9H3. The minimum absolute atomic E-state index is 0.0705. The molecule has 14 rings (SSSR count). The van der Waals surface area contributed by atoms with Gasteiger partial charge in [-0.3, -0.25) is 0 Å². The number of anilines is 2. The number of rotatable bonds is 3. The van der Waals surface area contributed by atoms with Crippen molar-refractivity contribution in [2.75, 3.05) is 5.32 Å². The van der Waals surface area contributed by atoms with E-state index >= 15 is 0 Å². The highest BCUT2D eigenvalue weighted by Gasteiger charge is 2.40. The van der Waals surface area contributed by atoms with Gasteiger partial charge in [-0.2, -0.15) is 0 Å². The van der Waals surface area contributed by atoms with E-state index in [1.54, 1.807) is 0 Å². The maximum absolute atomic E-state index is 6.64. The lowest BCUT2D eigenvalue weighted by molar-refractivity contribution is 0.332. The van der Waals surface area contributed by atoms with E-state index in [0.717, 1.165) is 35.2 Å². The molecular weight excluding hydrogens is 844 g/mol. The Morgan fingerprint density at radius 1 is 0.588 bits per heavy atom. The van der Waals surface area contributed by atoms with E-state index in [1.807, 2.05) is 11.3 Å². The lowest BCUT2D eigenvalue weighted by Crippen LogP contribution is -2.37. The van der Waals surface area contributed by atoms with Crippen LogP contribution in [-0.4, -0.2) is 11.8 Å². The van der Waals surface area contributed by atoms with Crippen LogP contribution in [0.1, 0.15) is 103 Å². The summed E-state index contributed by atoms with van der Waals surface area (Å²) in [7, 11) is 0.803. The Morgan fingerprint density at radius 2 is 1.31 bits per heavy atom. The van der Waals surface area contributed by atoms with Crippen molar-refractivity contribution in [1.82, 2.24) is 4.57 Å². The van der Waals surface area contributed by atoms with Crippen LogP contribution >= 0.6 is 11.3 Å². The number of hydrogen-bond acceptors (Lipinski definition) is 3. The number of nitrogens with one attached hydrogen (secondary N) is 1. The van der Waals surface area contributed by atoms with E-state index in [1.165, 1.54) is 127 Å². The van der Waals surface area contributed by atoms with Crippen molar-refractivity contribution in [3.05, 3.63) is 161 Å². The summed E-state index contributed by atoms with van der Waals surface area (Å²) < 4.78 is 11.9. The Bertz CT molecular complexity index is 4030. The van der Waals surface area contributed by atoms with Gasteiger partial charge in [0.1, 0.15) is 11.2 Å². The highest BCUT2D eigenvalue weighted by Crippen LogP contribution is 2.54. The summed E-state index contributed by atoms with van der Waals surface area (Å²) in [5.74, 6) is 0. The molecular formula is C63H55BN2OS. The first-order valence-corrected chi connectivity index (χ1v) is 25.5. The zero-order chi connectivity index (χ0) is 46.4. The molecule has 3 aromatic heterocycles. The number of thiophene rings is 1. The van der Waals surface area contributed by atoms with E-state index in [9.17, 15) is 0 Å². The SMILES string of the molecule is CC(C)(C)c1ccc(Nc2cc3sc4cc5c(cc4c3cc2-c2ccc3c4c6c(ccc4n4c3c2Bc2cc3c(cc2-4)oc2ccccc23)C(C)(C)c2ccccc2-6)C(C)(C)CCC5(C)C)cc1. The lowest BCUT2D eigenvalue weighted by atomic mass is 9.59. The van der Waals surface area contributed by atoms with Gasteiger partial charge in [0.05, 0.1) is 5.52 Å². The first kappa shape index (κ1) is 40.5. The molecule has 11 aromatic rings. The highest BCUT2D eigenvalue weighted by atomic mass is 32.1. The van der Waals surface area contributed by atoms with Crippen LogP contribution in [0.3, 0.4) is 0 Å². The largest absolute Gasteiger partial charge is 0.456 e. The van der Waals surface area contributed by atoms with Gasteiger partial charge >= 0.3 is 0 Å².